The highest BCUT2D eigenvalue weighted by atomic mass is 16.2. The zero-order valence-electron chi connectivity index (χ0n) is 11.2. The minimum Gasteiger partial charge on any atom is -0.335 e. The summed E-state index contributed by atoms with van der Waals surface area (Å²) in [5.74, 6) is 0.0466. The van der Waals surface area contributed by atoms with Gasteiger partial charge in [0, 0.05) is 13.0 Å². The molecule has 2 atom stereocenters. The van der Waals surface area contributed by atoms with Crippen LogP contribution in [0.25, 0.3) is 0 Å². The van der Waals surface area contributed by atoms with Gasteiger partial charge in [0.2, 0.25) is 5.91 Å². The van der Waals surface area contributed by atoms with Crippen molar-refractivity contribution in [2.24, 2.45) is 5.41 Å². The van der Waals surface area contributed by atoms with Crippen molar-refractivity contribution in [2.75, 3.05) is 6.54 Å². The van der Waals surface area contributed by atoms with Crippen molar-refractivity contribution in [1.82, 2.24) is 4.90 Å². The number of amides is 1. The van der Waals surface area contributed by atoms with E-state index in [-0.39, 0.29) is 11.9 Å². The van der Waals surface area contributed by atoms with E-state index in [0.717, 1.165) is 11.8 Å². The summed E-state index contributed by atoms with van der Waals surface area (Å²) in [5.41, 5.74) is 0.512. The van der Waals surface area contributed by atoms with Crippen molar-refractivity contribution >= 4 is 12.2 Å². The summed E-state index contributed by atoms with van der Waals surface area (Å²) in [6.07, 6.45) is 3.49. The molecule has 0 bridgehead atoms. The second-order valence-electron chi connectivity index (χ2n) is 5.26. The van der Waals surface area contributed by atoms with E-state index in [0.29, 0.717) is 19.4 Å². The number of carbonyl (C=O) groups is 2. The Balaban J connectivity index is 2.20. The SMILES string of the molecule is C=CC[C@@]1(C=O)CC(=O)N([C@H](C)c2ccccc2)C1. The summed E-state index contributed by atoms with van der Waals surface area (Å²) in [6.45, 7) is 6.17. The Hall–Kier alpha value is -1.90. The number of aldehydes is 1. The van der Waals surface area contributed by atoms with E-state index in [2.05, 4.69) is 6.58 Å². The Morgan fingerprint density at radius 1 is 1.42 bits per heavy atom. The maximum Gasteiger partial charge on any atom is 0.224 e. The smallest absolute Gasteiger partial charge is 0.224 e. The lowest BCUT2D eigenvalue weighted by atomic mass is 9.85. The monoisotopic (exact) mass is 257 g/mol. The van der Waals surface area contributed by atoms with Crippen molar-refractivity contribution < 1.29 is 9.59 Å². The average molecular weight is 257 g/mol. The molecule has 0 spiro atoms. The lowest BCUT2D eigenvalue weighted by Crippen LogP contribution is -2.31. The van der Waals surface area contributed by atoms with E-state index >= 15 is 0 Å². The molecule has 1 aliphatic rings. The standard InChI is InChI=1S/C16H19NO2/c1-3-9-16(12-18)10-15(19)17(11-16)13(2)14-7-5-4-6-8-14/h3-8,12-13H,1,9-11H2,2H3/t13-,16-/m1/s1. The largest absolute Gasteiger partial charge is 0.335 e. The summed E-state index contributed by atoms with van der Waals surface area (Å²) < 4.78 is 0. The van der Waals surface area contributed by atoms with E-state index in [1.54, 1.807) is 11.0 Å². The third-order valence-electron chi connectivity index (χ3n) is 3.86. The third-order valence-corrected chi connectivity index (χ3v) is 3.86. The Morgan fingerprint density at radius 2 is 2.11 bits per heavy atom. The Bertz CT molecular complexity index is 483. The van der Waals surface area contributed by atoms with Crippen LogP contribution in [0.3, 0.4) is 0 Å². The first-order valence-corrected chi connectivity index (χ1v) is 6.53. The molecule has 0 aromatic heterocycles. The van der Waals surface area contributed by atoms with Crippen molar-refractivity contribution in [3.63, 3.8) is 0 Å². The van der Waals surface area contributed by atoms with Gasteiger partial charge in [-0.1, -0.05) is 36.4 Å². The van der Waals surface area contributed by atoms with E-state index < -0.39 is 5.41 Å². The topological polar surface area (TPSA) is 37.4 Å². The van der Waals surface area contributed by atoms with Crippen molar-refractivity contribution in [2.45, 2.75) is 25.8 Å². The van der Waals surface area contributed by atoms with Crippen molar-refractivity contribution in [1.29, 1.82) is 0 Å². The Kier molecular flexibility index (Phi) is 3.84. The van der Waals surface area contributed by atoms with Gasteiger partial charge in [0.05, 0.1) is 11.5 Å². The molecule has 1 saturated heterocycles. The molecular formula is C16H19NO2. The second-order valence-corrected chi connectivity index (χ2v) is 5.26. The molecule has 0 saturated carbocycles. The number of hydrogen-bond acceptors (Lipinski definition) is 2. The highest BCUT2D eigenvalue weighted by molar-refractivity contribution is 5.85. The molecule has 1 fully saturated rings. The molecule has 2 rings (SSSR count). The highest BCUT2D eigenvalue weighted by Gasteiger charge is 2.43. The minimum atomic E-state index is -0.581. The first-order chi connectivity index (χ1) is 9.12. The van der Waals surface area contributed by atoms with Gasteiger partial charge in [0.25, 0.3) is 0 Å². The predicted octanol–water partition coefficient (Wildman–Crippen LogP) is 2.74. The molecule has 1 aliphatic heterocycles. The summed E-state index contributed by atoms with van der Waals surface area (Å²) >= 11 is 0. The lowest BCUT2D eigenvalue weighted by molar-refractivity contribution is -0.129. The van der Waals surface area contributed by atoms with Crippen LogP contribution in [-0.2, 0) is 9.59 Å². The minimum absolute atomic E-state index is 0.000315. The van der Waals surface area contributed by atoms with Gasteiger partial charge in [-0.2, -0.15) is 0 Å². The third kappa shape index (κ3) is 2.60. The quantitative estimate of drug-likeness (QED) is 0.601. The van der Waals surface area contributed by atoms with Crippen LogP contribution in [0.1, 0.15) is 31.4 Å². The maximum atomic E-state index is 12.2. The first kappa shape index (κ1) is 13.5. The van der Waals surface area contributed by atoms with Crippen LogP contribution in [0.2, 0.25) is 0 Å². The summed E-state index contributed by atoms with van der Waals surface area (Å²) in [7, 11) is 0. The van der Waals surface area contributed by atoms with E-state index in [4.69, 9.17) is 0 Å². The molecule has 3 nitrogen and oxygen atoms in total. The number of nitrogens with zero attached hydrogens (tertiary/aromatic N) is 1. The molecule has 1 heterocycles. The van der Waals surface area contributed by atoms with Crippen molar-refractivity contribution in [3.05, 3.63) is 48.6 Å². The summed E-state index contributed by atoms with van der Waals surface area (Å²) in [6, 6.07) is 9.89. The number of benzene rings is 1. The normalized spacial score (nSPS) is 24.3. The zero-order chi connectivity index (χ0) is 13.9. The summed E-state index contributed by atoms with van der Waals surface area (Å²) in [5, 5.41) is 0. The van der Waals surface area contributed by atoms with Gasteiger partial charge in [-0.25, -0.2) is 0 Å². The summed E-state index contributed by atoms with van der Waals surface area (Å²) in [4.78, 5) is 25.3. The van der Waals surface area contributed by atoms with Gasteiger partial charge in [-0.3, -0.25) is 4.79 Å². The second kappa shape index (κ2) is 5.39. The molecule has 0 radical (unpaired) electrons. The molecule has 1 amide bonds. The number of allylic oxidation sites excluding steroid dienone is 1. The lowest BCUT2D eigenvalue weighted by Gasteiger charge is -2.27. The van der Waals surface area contributed by atoms with Crippen LogP contribution in [0.15, 0.2) is 43.0 Å². The van der Waals surface area contributed by atoms with Gasteiger partial charge in [-0.15, -0.1) is 6.58 Å². The highest BCUT2D eigenvalue weighted by Crippen LogP contribution is 2.37. The molecule has 3 heteroatoms. The number of hydrogen-bond donors (Lipinski definition) is 0. The van der Waals surface area contributed by atoms with Crippen LogP contribution in [0.5, 0.6) is 0 Å². The van der Waals surface area contributed by atoms with Gasteiger partial charge < -0.3 is 9.69 Å². The number of carbonyl (C=O) groups excluding carboxylic acids is 2. The van der Waals surface area contributed by atoms with Gasteiger partial charge in [-0.05, 0) is 18.9 Å². The zero-order valence-corrected chi connectivity index (χ0v) is 11.2. The molecular weight excluding hydrogens is 238 g/mol. The Morgan fingerprint density at radius 3 is 2.68 bits per heavy atom. The predicted molar refractivity (Wildman–Crippen MR) is 74.5 cm³/mol. The fourth-order valence-electron chi connectivity index (χ4n) is 2.70. The first-order valence-electron chi connectivity index (χ1n) is 6.53. The molecule has 1 aromatic carbocycles. The van der Waals surface area contributed by atoms with Crippen LogP contribution in [0.4, 0.5) is 0 Å². The average Bonchev–Trinajstić information content (AvgIpc) is 2.77. The molecule has 100 valence electrons. The fraction of sp³-hybridized carbons (Fsp3) is 0.375. The molecule has 19 heavy (non-hydrogen) atoms. The van der Waals surface area contributed by atoms with E-state index in [1.165, 1.54) is 0 Å². The van der Waals surface area contributed by atoms with Crippen LogP contribution < -0.4 is 0 Å². The fourth-order valence-corrected chi connectivity index (χ4v) is 2.70. The molecule has 0 N–H and O–H groups in total. The Labute approximate surface area is 113 Å². The number of likely N-dealkylation sites (tertiary alicyclic amines) is 1. The van der Waals surface area contributed by atoms with Crippen LogP contribution in [-0.4, -0.2) is 23.6 Å². The van der Waals surface area contributed by atoms with Crippen molar-refractivity contribution in [3.8, 4) is 0 Å². The van der Waals surface area contributed by atoms with Gasteiger partial charge >= 0.3 is 0 Å². The van der Waals surface area contributed by atoms with E-state index in [1.807, 2.05) is 37.3 Å². The van der Waals surface area contributed by atoms with Crippen LogP contribution >= 0.6 is 0 Å². The molecule has 0 unspecified atom stereocenters. The molecule has 1 aromatic rings. The van der Waals surface area contributed by atoms with Crippen LogP contribution in [0, 0.1) is 5.41 Å². The van der Waals surface area contributed by atoms with E-state index in [9.17, 15) is 9.59 Å². The number of rotatable bonds is 5. The van der Waals surface area contributed by atoms with Gasteiger partial charge in [0.1, 0.15) is 6.29 Å². The van der Waals surface area contributed by atoms with Gasteiger partial charge in [0.15, 0.2) is 0 Å². The maximum absolute atomic E-state index is 12.2. The molecule has 0 aliphatic carbocycles.